The van der Waals surface area contributed by atoms with Crippen molar-refractivity contribution in [3.8, 4) is 0 Å². The van der Waals surface area contributed by atoms with Crippen LogP contribution >= 0.6 is 11.3 Å². The van der Waals surface area contributed by atoms with Crippen LogP contribution in [-0.4, -0.2) is 19.1 Å². The summed E-state index contributed by atoms with van der Waals surface area (Å²) in [4.78, 5) is 23.4. The molecule has 0 fully saturated rings. The zero-order valence-corrected chi connectivity index (χ0v) is 12.5. The molecule has 0 saturated heterocycles. The van der Waals surface area contributed by atoms with E-state index in [0.717, 1.165) is 36.0 Å². The van der Waals surface area contributed by atoms with Crippen LogP contribution in [0.1, 0.15) is 23.3 Å². The molecule has 3 aromatic rings. The first-order valence-electron chi connectivity index (χ1n) is 7.28. The zero-order valence-electron chi connectivity index (χ0n) is 11.7. The average Bonchev–Trinajstić information content (AvgIpc) is 3.17. The summed E-state index contributed by atoms with van der Waals surface area (Å²) >= 11 is 1.69. The van der Waals surface area contributed by atoms with Crippen LogP contribution < -0.4 is 5.56 Å². The molecule has 6 heteroatoms. The molecule has 108 valence electrons. The Morgan fingerprint density at radius 2 is 2.19 bits per heavy atom. The highest BCUT2D eigenvalue weighted by molar-refractivity contribution is 7.18. The Hall–Kier alpha value is -1.95. The van der Waals surface area contributed by atoms with Crippen LogP contribution in [0.25, 0.3) is 10.2 Å². The molecule has 0 unspecified atom stereocenters. The van der Waals surface area contributed by atoms with Gasteiger partial charge in [0.2, 0.25) is 0 Å². The van der Waals surface area contributed by atoms with Crippen molar-refractivity contribution in [2.24, 2.45) is 0 Å². The quantitative estimate of drug-likeness (QED) is 0.742. The summed E-state index contributed by atoms with van der Waals surface area (Å²) in [6, 6.07) is 0. The summed E-state index contributed by atoms with van der Waals surface area (Å²) in [7, 11) is 0. The normalized spacial score (nSPS) is 13.9. The Bertz CT molecular complexity index is 831. The fourth-order valence-corrected chi connectivity index (χ4v) is 4.24. The SMILES string of the molecule is O=c1c2c3c(sc2ncn1CCCn1ccnc1)CCC3. The number of hydrogen-bond donors (Lipinski definition) is 0. The molecule has 1 aliphatic carbocycles. The third kappa shape index (κ3) is 2.19. The zero-order chi connectivity index (χ0) is 14.2. The van der Waals surface area contributed by atoms with Crippen LogP contribution in [0, 0.1) is 0 Å². The topological polar surface area (TPSA) is 52.7 Å². The number of thiophene rings is 1. The summed E-state index contributed by atoms with van der Waals surface area (Å²) in [5.74, 6) is 0. The molecule has 0 amide bonds. The molecule has 3 aromatic heterocycles. The second-order valence-corrected chi connectivity index (χ2v) is 6.52. The van der Waals surface area contributed by atoms with Gasteiger partial charge in [0.05, 0.1) is 18.0 Å². The van der Waals surface area contributed by atoms with E-state index in [9.17, 15) is 4.79 Å². The molecular formula is C15H16N4OS. The van der Waals surface area contributed by atoms with Crippen molar-refractivity contribution in [1.29, 1.82) is 0 Å². The van der Waals surface area contributed by atoms with Crippen LogP contribution in [0.2, 0.25) is 0 Å². The molecule has 21 heavy (non-hydrogen) atoms. The Labute approximate surface area is 125 Å². The van der Waals surface area contributed by atoms with Crippen LogP contribution in [0.15, 0.2) is 29.8 Å². The summed E-state index contributed by atoms with van der Waals surface area (Å²) in [6.07, 6.45) is 11.4. The molecule has 5 nitrogen and oxygen atoms in total. The van der Waals surface area contributed by atoms with Gasteiger partial charge in [-0.3, -0.25) is 9.36 Å². The predicted molar refractivity (Wildman–Crippen MR) is 82.7 cm³/mol. The summed E-state index contributed by atoms with van der Waals surface area (Å²) in [5, 5.41) is 0.873. The van der Waals surface area contributed by atoms with Crippen molar-refractivity contribution < 1.29 is 0 Å². The average molecular weight is 300 g/mol. The summed E-state index contributed by atoms with van der Waals surface area (Å²) in [6.45, 7) is 1.57. The molecule has 0 radical (unpaired) electrons. The number of aryl methyl sites for hydroxylation is 4. The second kappa shape index (κ2) is 5.11. The third-order valence-electron chi connectivity index (χ3n) is 4.07. The second-order valence-electron chi connectivity index (χ2n) is 5.43. The molecule has 0 saturated carbocycles. The van der Waals surface area contributed by atoms with Crippen LogP contribution in [0.3, 0.4) is 0 Å². The lowest BCUT2D eigenvalue weighted by atomic mass is 10.2. The van der Waals surface area contributed by atoms with E-state index in [0.29, 0.717) is 6.54 Å². The van der Waals surface area contributed by atoms with Gasteiger partial charge in [0.25, 0.3) is 5.56 Å². The predicted octanol–water partition coefficient (Wildman–Crippen LogP) is 2.23. The minimum absolute atomic E-state index is 0.130. The minimum Gasteiger partial charge on any atom is -0.337 e. The Morgan fingerprint density at radius 3 is 3.05 bits per heavy atom. The van der Waals surface area contributed by atoms with E-state index in [1.165, 1.54) is 16.9 Å². The van der Waals surface area contributed by atoms with Gasteiger partial charge in [-0.1, -0.05) is 0 Å². The number of fused-ring (bicyclic) bond motifs is 3. The molecule has 0 atom stereocenters. The smallest absolute Gasteiger partial charge is 0.262 e. The minimum atomic E-state index is 0.130. The summed E-state index contributed by atoms with van der Waals surface area (Å²) < 4.78 is 3.78. The number of aromatic nitrogens is 4. The lowest BCUT2D eigenvalue weighted by Crippen LogP contribution is -2.21. The van der Waals surface area contributed by atoms with Crippen molar-refractivity contribution in [1.82, 2.24) is 19.1 Å². The molecule has 0 aliphatic heterocycles. The maximum atomic E-state index is 12.7. The standard InChI is InChI=1S/C15H16N4OS/c20-15-13-11-3-1-4-12(11)21-14(13)17-10-19(15)7-2-6-18-8-5-16-9-18/h5,8-10H,1-4,6-7H2. The van der Waals surface area contributed by atoms with Gasteiger partial charge in [-0.25, -0.2) is 9.97 Å². The van der Waals surface area contributed by atoms with E-state index in [1.54, 1.807) is 34.8 Å². The third-order valence-corrected chi connectivity index (χ3v) is 5.27. The Morgan fingerprint density at radius 1 is 1.24 bits per heavy atom. The fraction of sp³-hybridized carbons (Fsp3) is 0.400. The Kier molecular flexibility index (Phi) is 3.11. The molecular weight excluding hydrogens is 284 g/mol. The van der Waals surface area contributed by atoms with E-state index < -0.39 is 0 Å². The van der Waals surface area contributed by atoms with Crippen molar-refractivity contribution in [2.45, 2.75) is 38.8 Å². The van der Waals surface area contributed by atoms with Crippen LogP contribution in [0.4, 0.5) is 0 Å². The fourth-order valence-electron chi connectivity index (χ4n) is 3.02. The van der Waals surface area contributed by atoms with Gasteiger partial charge in [-0.15, -0.1) is 11.3 Å². The lowest BCUT2D eigenvalue weighted by molar-refractivity contribution is 0.550. The molecule has 3 heterocycles. The maximum Gasteiger partial charge on any atom is 0.262 e. The Balaban J connectivity index is 1.60. The molecule has 1 aliphatic rings. The van der Waals surface area contributed by atoms with Crippen molar-refractivity contribution in [3.05, 3.63) is 45.8 Å². The highest BCUT2D eigenvalue weighted by Gasteiger charge is 2.21. The van der Waals surface area contributed by atoms with E-state index >= 15 is 0 Å². The van der Waals surface area contributed by atoms with E-state index in [-0.39, 0.29) is 5.56 Å². The van der Waals surface area contributed by atoms with E-state index in [4.69, 9.17) is 0 Å². The first-order chi connectivity index (χ1) is 10.3. The van der Waals surface area contributed by atoms with Gasteiger partial charge in [0.1, 0.15) is 4.83 Å². The van der Waals surface area contributed by atoms with Crippen molar-refractivity contribution >= 4 is 21.6 Å². The van der Waals surface area contributed by atoms with E-state index in [2.05, 4.69) is 9.97 Å². The number of rotatable bonds is 4. The van der Waals surface area contributed by atoms with Crippen LogP contribution in [0.5, 0.6) is 0 Å². The van der Waals surface area contributed by atoms with Gasteiger partial charge in [0, 0.05) is 30.4 Å². The molecule has 0 aromatic carbocycles. The number of imidazole rings is 1. The first-order valence-corrected chi connectivity index (χ1v) is 8.10. The van der Waals surface area contributed by atoms with Crippen molar-refractivity contribution in [2.75, 3.05) is 0 Å². The highest BCUT2D eigenvalue weighted by atomic mass is 32.1. The van der Waals surface area contributed by atoms with Gasteiger partial charge >= 0.3 is 0 Å². The lowest BCUT2D eigenvalue weighted by Gasteiger charge is -2.06. The maximum absolute atomic E-state index is 12.7. The molecule has 0 spiro atoms. The van der Waals surface area contributed by atoms with Crippen LogP contribution in [-0.2, 0) is 25.9 Å². The number of hydrogen-bond acceptors (Lipinski definition) is 4. The molecule has 0 bridgehead atoms. The highest BCUT2D eigenvalue weighted by Crippen LogP contribution is 2.34. The molecule has 4 rings (SSSR count). The largest absolute Gasteiger partial charge is 0.337 e. The summed E-state index contributed by atoms with van der Waals surface area (Å²) in [5.41, 5.74) is 1.39. The van der Waals surface area contributed by atoms with Crippen molar-refractivity contribution in [3.63, 3.8) is 0 Å². The van der Waals surface area contributed by atoms with Gasteiger partial charge in [-0.05, 0) is 31.2 Å². The monoisotopic (exact) mass is 300 g/mol. The van der Waals surface area contributed by atoms with E-state index in [1.807, 2.05) is 10.8 Å². The first kappa shape index (κ1) is 12.8. The van der Waals surface area contributed by atoms with Gasteiger partial charge in [-0.2, -0.15) is 0 Å². The van der Waals surface area contributed by atoms with Gasteiger partial charge < -0.3 is 4.57 Å². The molecule has 0 N–H and O–H groups in total. The van der Waals surface area contributed by atoms with Gasteiger partial charge in [0.15, 0.2) is 0 Å². The number of nitrogens with zero attached hydrogens (tertiary/aromatic N) is 4.